The monoisotopic (exact) mass is 372 g/mol. The van der Waals surface area contributed by atoms with Crippen molar-refractivity contribution in [2.45, 2.75) is 44.6 Å². The molecule has 2 aromatic rings. The number of piperazine rings is 1. The van der Waals surface area contributed by atoms with Crippen molar-refractivity contribution in [2.75, 3.05) is 37.6 Å². The molecule has 2 fully saturated rings. The van der Waals surface area contributed by atoms with Gasteiger partial charge in [-0.25, -0.2) is 9.67 Å². The van der Waals surface area contributed by atoms with Crippen LogP contribution in [-0.2, 0) is 19.4 Å². The van der Waals surface area contributed by atoms with Gasteiger partial charge < -0.3 is 4.90 Å². The van der Waals surface area contributed by atoms with Crippen LogP contribution in [0.25, 0.3) is 0 Å². The number of rotatable bonds is 5. The molecule has 0 unspecified atom stereocenters. The average molecular weight is 372 g/mol. The number of anilines is 1. The third-order valence-electron chi connectivity index (χ3n) is 5.67. The molecular weight excluding hydrogens is 348 g/mol. The highest BCUT2D eigenvalue weighted by Crippen LogP contribution is 2.39. The molecule has 138 valence electrons. The second-order valence-electron chi connectivity index (χ2n) is 7.57. The van der Waals surface area contributed by atoms with Gasteiger partial charge in [-0.3, -0.25) is 9.69 Å². The molecule has 0 atom stereocenters. The molecule has 0 spiro atoms. The minimum Gasteiger partial charge on any atom is -0.344 e. The molecule has 2 aromatic heterocycles. The van der Waals surface area contributed by atoms with Crippen molar-refractivity contribution in [1.29, 1.82) is 0 Å². The molecule has 26 heavy (non-hydrogen) atoms. The Balaban J connectivity index is 1.15. The van der Waals surface area contributed by atoms with Gasteiger partial charge in [0.05, 0.1) is 12.2 Å². The Kier molecular flexibility index (Phi) is 4.24. The maximum absolute atomic E-state index is 12.2. The lowest BCUT2D eigenvalue weighted by atomic mass is 10.2. The van der Waals surface area contributed by atoms with Gasteiger partial charge in [0.15, 0.2) is 0 Å². The predicted octanol–water partition coefficient (Wildman–Crippen LogP) is 1.28. The van der Waals surface area contributed by atoms with Gasteiger partial charge >= 0.3 is 0 Å². The lowest BCUT2D eigenvalue weighted by molar-refractivity contribution is 0.242. The van der Waals surface area contributed by atoms with Crippen LogP contribution in [0.3, 0.4) is 0 Å². The van der Waals surface area contributed by atoms with E-state index in [0.717, 1.165) is 74.2 Å². The zero-order valence-corrected chi connectivity index (χ0v) is 15.7. The fourth-order valence-electron chi connectivity index (χ4n) is 3.86. The van der Waals surface area contributed by atoms with Gasteiger partial charge in [0.2, 0.25) is 5.13 Å². The number of hydrogen-bond donors (Lipinski definition) is 0. The van der Waals surface area contributed by atoms with E-state index in [1.807, 2.05) is 0 Å². The van der Waals surface area contributed by atoms with E-state index in [9.17, 15) is 4.79 Å². The summed E-state index contributed by atoms with van der Waals surface area (Å²) in [5, 5.41) is 5.65. The Bertz CT molecular complexity index is 850. The fourth-order valence-corrected chi connectivity index (χ4v) is 4.66. The normalized spacial score (nSPS) is 20.5. The molecular formula is C18H24N6OS. The molecule has 3 heterocycles. The summed E-state index contributed by atoms with van der Waals surface area (Å²) in [5.74, 6) is 1.67. The molecule has 0 radical (unpaired) electrons. The number of nitrogens with zero attached hydrogens (tertiary/aromatic N) is 6. The van der Waals surface area contributed by atoms with Crippen LogP contribution in [0.5, 0.6) is 0 Å². The lowest BCUT2D eigenvalue weighted by Crippen LogP contribution is -2.47. The maximum Gasteiger partial charge on any atom is 0.267 e. The van der Waals surface area contributed by atoms with E-state index in [2.05, 4.69) is 19.3 Å². The highest BCUT2D eigenvalue weighted by molar-refractivity contribution is 7.09. The summed E-state index contributed by atoms with van der Waals surface area (Å²) < 4.78 is 6.17. The zero-order valence-electron chi connectivity index (χ0n) is 14.9. The summed E-state index contributed by atoms with van der Waals surface area (Å²) in [6.45, 7) is 5.51. The first kappa shape index (κ1) is 16.4. The van der Waals surface area contributed by atoms with Crippen molar-refractivity contribution >= 4 is 16.7 Å². The van der Waals surface area contributed by atoms with Crippen LogP contribution >= 0.6 is 11.5 Å². The molecule has 2 aliphatic carbocycles. The van der Waals surface area contributed by atoms with E-state index >= 15 is 0 Å². The third-order valence-corrected chi connectivity index (χ3v) is 6.46. The van der Waals surface area contributed by atoms with Gasteiger partial charge in [0, 0.05) is 56.2 Å². The minimum atomic E-state index is 0.0470. The van der Waals surface area contributed by atoms with E-state index in [-0.39, 0.29) is 5.56 Å². The first-order chi connectivity index (χ1) is 12.8. The van der Waals surface area contributed by atoms with E-state index in [0.29, 0.717) is 12.5 Å². The number of aromatic nitrogens is 4. The molecule has 0 amide bonds. The van der Waals surface area contributed by atoms with E-state index in [1.54, 1.807) is 10.7 Å². The Hall–Kier alpha value is -1.80. The van der Waals surface area contributed by atoms with E-state index in [4.69, 9.17) is 4.98 Å². The SMILES string of the molecule is O=c1cc2c(nn1CCN1CCN(c3nc(C4CC4)ns3)CC1)CCC2. The van der Waals surface area contributed by atoms with Crippen molar-refractivity contribution in [3.8, 4) is 0 Å². The largest absolute Gasteiger partial charge is 0.344 e. The van der Waals surface area contributed by atoms with Crippen molar-refractivity contribution in [1.82, 2.24) is 24.0 Å². The molecule has 0 N–H and O–H groups in total. The van der Waals surface area contributed by atoms with Crippen LogP contribution in [0, 0.1) is 0 Å². The Morgan fingerprint density at radius 2 is 1.96 bits per heavy atom. The van der Waals surface area contributed by atoms with Gasteiger partial charge in [-0.05, 0) is 37.7 Å². The molecule has 0 aromatic carbocycles. The van der Waals surface area contributed by atoms with E-state index in [1.165, 1.54) is 24.4 Å². The smallest absolute Gasteiger partial charge is 0.267 e. The summed E-state index contributed by atoms with van der Waals surface area (Å²) in [6, 6.07) is 1.79. The molecule has 3 aliphatic rings. The average Bonchev–Trinajstić information content (AvgIpc) is 3.21. The van der Waals surface area contributed by atoms with Crippen LogP contribution in [0.15, 0.2) is 10.9 Å². The fraction of sp³-hybridized carbons (Fsp3) is 0.667. The summed E-state index contributed by atoms with van der Waals surface area (Å²) in [7, 11) is 0. The Labute approximate surface area is 156 Å². The Morgan fingerprint density at radius 3 is 2.77 bits per heavy atom. The topological polar surface area (TPSA) is 67.2 Å². The third kappa shape index (κ3) is 3.27. The molecule has 8 heteroatoms. The lowest BCUT2D eigenvalue weighted by Gasteiger charge is -2.34. The molecule has 0 bridgehead atoms. The van der Waals surface area contributed by atoms with Crippen LogP contribution in [0.1, 0.15) is 42.3 Å². The first-order valence-corrected chi connectivity index (χ1v) is 10.4. The highest BCUT2D eigenvalue weighted by Gasteiger charge is 2.29. The van der Waals surface area contributed by atoms with Crippen LogP contribution in [-0.4, -0.2) is 56.8 Å². The minimum absolute atomic E-state index is 0.0470. The zero-order chi connectivity index (χ0) is 17.5. The van der Waals surface area contributed by atoms with Gasteiger partial charge in [0.25, 0.3) is 5.56 Å². The van der Waals surface area contributed by atoms with Crippen LogP contribution in [0.2, 0.25) is 0 Å². The van der Waals surface area contributed by atoms with Crippen molar-refractivity contribution in [3.63, 3.8) is 0 Å². The summed E-state index contributed by atoms with van der Waals surface area (Å²) >= 11 is 1.54. The summed E-state index contributed by atoms with van der Waals surface area (Å²) in [6.07, 6.45) is 5.65. The van der Waals surface area contributed by atoms with Crippen molar-refractivity contribution in [2.24, 2.45) is 0 Å². The molecule has 1 saturated carbocycles. The molecule has 1 saturated heterocycles. The van der Waals surface area contributed by atoms with Gasteiger partial charge in [-0.2, -0.15) is 9.47 Å². The molecule has 1 aliphatic heterocycles. The maximum atomic E-state index is 12.2. The Morgan fingerprint density at radius 1 is 1.12 bits per heavy atom. The number of hydrogen-bond acceptors (Lipinski definition) is 7. The second-order valence-corrected chi connectivity index (χ2v) is 8.30. The number of aryl methyl sites for hydroxylation is 2. The summed E-state index contributed by atoms with van der Waals surface area (Å²) in [4.78, 5) is 21.7. The standard InChI is InChI=1S/C18H24N6OS/c25-16-12-14-2-1-3-15(14)20-24(16)11-8-22-6-9-23(10-7-22)18-19-17(21-26-18)13-4-5-13/h12-13H,1-11H2. The van der Waals surface area contributed by atoms with Gasteiger partial charge in [-0.15, -0.1) is 0 Å². The quantitative estimate of drug-likeness (QED) is 0.788. The van der Waals surface area contributed by atoms with Crippen molar-refractivity contribution in [3.05, 3.63) is 33.5 Å². The van der Waals surface area contributed by atoms with E-state index < -0.39 is 0 Å². The summed E-state index contributed by atoms with van der Waals surface area (Å²) in [5.41, 5.74) is 2.32. The first-order valence-electron chi connectivity index (χ1n) is 9.67. The number of fused-ring (bicyclic) bond motifs is 1. The molecule has 5 rings (SSSR count). The predicted molar refractivity (Wildman–Crippen MR) is 101 cm³/mol. The molecule has 7 nitrogen and oxygen atoms in total. The van der Waals surface area contributed by atoms with Gasteiger partial charge in [-0.1, -0.05) is 0 Å². The van der Waals surface area contributed by atoms with Crippen molar-refractivity contribution < 1.29 is 0 Å². The van der Waals surface area contributed by atoms with Crippen LogP contribution < -0.4 is 10.5 Å². The highest BCUT2D eigenvalue weighted by atomic mass is 32.1. The van der Waals surface area contributed by atoms with Gasteiger partial charge in [0.1, 0.15) is 5.82 Å². The second kappa shape index (κ2) is 6.74. The van der Waals surface area contributed by atoms with Crippen LogP contribution in [0.4, 0.5) is 5.13 Å².